The molecule has 2 heterocycles. The number of halogens is 1. The van der Waals surface area contributed by atoms with E-state index in [-0.39, 0.29) is 5.91 Å². The van der Waals surface area contributed by atoms with Crippen LogP contribution in [0.1, 0.15) is 44.5 Å². The Morgan fingerprint density at radius 3 is 2.83 bits per heavy atom. The van der Waals surface area contributed by atoms with Gasteiger partial charge in [-0.15, -0.1) is 0 Å². The SMILES string of the molecule is CC(C)CCN(Cc1nc2cccnc2n1CC1CC1)C(=O)Cc1cccc(Cl)c1. The van der Waals surface area contributed by atoms with Gasteiger partial charge in [0.25, 0.3) is 0 Å². The van der Waals surface area contributed by atoms with Gasteiger partial charge in [0.1, 0.15) is 11.3 Å². The summed E-state index contributed by atoms with van der Waals surface area (Å²) in [5.41, 5.74) is 2.76. The Balaban J connectivity index is 1.58. The number of amides is 1. The number of fused-ring (bicyclic) bond motifs is 1. The number of pyridine rings is 1. The van der Waals surface area contributed by atoms with Crippen molar-refractivity contribution in [1.29, 1.82) is 0 Å². The molecule has 30 heavy (non-hydrogen) atoms. The molecule has 158 valence electrons. The molecule has 0 saturated heterocycles. The van der Waals surface area contributed by atoms with Gasteiger partial charge in [0, 0.05) is 24.3 Å². The number of rotatable bonds is 9. The minimum absolute atomic E-state index is 0.107. The summed E-state index contributed by atoms with van der Waals surface area (Å²) in [5, 5.41) is 0.659. The zero-order chi connectivity index (χ0) is 21.1. The lowest BCUT2D eigenvalue weighted by molar-refractivity contribution is -0.131. The fourth-order valence-electron chi connectivity index (χ4n) is 3.69. The number of carbonyl (C=O) groups is 1. The third-order valence-electron chi connectivity index (χ3n) is 5.63. The highest BCUT2D eigenvalue weighted by atomic mass is 35.5. The maximum atomic E-state index is 13.2. The fourth-order valence-corrected chi connectivity index (χ4v) is 3.90. The second kappa shape index (κ2) is 9.17. The lowest BCUT2D eigenvalue weighted by Crippen LogP contribution is -2.34. The van der Waals surface area contributed by atoms with Gasteiger partial charge in [0.2, 0.25) is 5.91 Å². The van der Waals surface area contributed by atoms with Gasteiger partial charge in [-0.05, 0) is 60.9 Å². The molecule has 0 atom stereocenters. The summed E-state index contributed by atoms with van der Waals surface area (Å²) in [6, 6.07) is 11.5. The van der Waals surface area contributed by atoms with E-state index in [1.807, 2.05) is 47.5 Å². The molecule has 1 aromatic carbocycles. The molecule has 0 spiro atoms. The molecule has 5 nitrogen and oxygen atoms in total. The number of carbonyl (C=O) groups excluding carboxylic acids is 1. The monoisotopic (exact) mass is 424 g/mol. The normalized spacial score (nSPS) is 13.9. The van der Waals surface area contributed by atoms with Crippen LogP contribution in [0.15, 0.2) is 42.6 Å². The highest BCUT2D eigenvalue weighted by Gasteiger charge is 2.26. The Hall–Kier alpha value is -2.40. The average molecular weight is 425 g/mol. The van der Waals surface area contributed by atoms with Crippen LogP contribution < -0.4 is 0 Å². The summed E-state index contributed by atoms with van der Waals surface area (Å²) in [5.74, 6) is 2.27. The van der Waals surface area contributed by atoms with Crippen LogP contribution in [0, 0.1) is 11.8 Å². The van der Waals surface area contributed by atoms with E-state index < -0.39 is 0 Å². The third-order valence-corrected chi connectivity index (χ3v) is 5.86. The van der Waals surface area contributed by atoms with Crippen LogP contribution in [-0.2, 0) is 24.3 Å². The lowest BCUT2D eigenvalue weighted by Gasteiger charge is -2.24. The molecule has 0 aliphatic heterocycles. The number of nitrogens with zero attached hydrogens (tertiary/aromatic N) is 4. The molecular weight excluding hydrogens is 396 g/mol. The first-order valence-electron chi connectivity index (χ1n) is 10.8. The van der Waals surface area contributed by atoms with Gasteiger partial charge < -0.3 is 9.47 Å². The number of imidazole rings is 1. The van der Waals surface area contributed by atoms with Crippen LogP contribution in [0.3, 0.4) is 0 Å². The molecule has 1 fully saturated rings. The highest BCUT2D eigenvalue weighted by Crippen LogP contribution is 2.32. The summed E-state index contributed by atoms with van der Waals surface area (Å²) in [7, 11) is 0. The van der Waals surface area contributed by atoms with E-state index in [4.69, 9.17) is 16.6 Å². The van der Waals surface area contributed by atoms with Crippen molar-refractivity contribution in [2.45, 2.75) is 52.6 Å². The van der Waals surface area contributed by atoms with E-state index >= 15 is 0 Å². The van der Waals surface area contributed by atoms with E-state index in [9.17, 15) is 4.79 Å². The van der Waals surface area contributed by atoms with Crippen molar-refractivity contribution in [3.8, 4) is 0 Å². The number of hydrogen-bond donors (Lipinski definition) is 0. The summed E-state index contributed by atoms with van der Waals surface area (Å²) in [4.78, 5) is 24.6. The van der Waals surface area contributed by atoms with Crippen LogP contribution in [0.2, 0.25) is 5.02 Å². The van der Waals surface area contributed by atoms with Crippen molar-refractivity contribution in [2.24, 2.45) is 11.8 Å². The largest absolute Gasteiger partial charge is 0.335 e. The number of aromatic nitrogens is 3. The zero-order valence-electron chi connectivity index (χ0n) is 17.7. The molecule has 1 aliphatic rings. The molecule has 0 radical (unpaired) electrons. The van der Waals surface area contributed by atoms with E-state index in [2.05, 4.69) is 23.4 Å². The predicted molar refractivity (Wildman–Crippen MR) is 120 cm³/mol. The zero-order valence-corrected chi connectivity index (χ0v) is 18.5. The minimum Gasteiger partial charge on any atom is -0.335 e. The van der Waals surface area contributed by atoms with Crippen LogP contribution in [0.25, 0.3) is 11.2 Å². The molecule has 1 aliphatic carbocycles. The standard InChI is InChI=1S/C24H29ClN4O/c1-17(2)10-12-28(23(30)14-19-5-3-6-20(25)13-19)16-22-27-21-7-4-11-26-24(21)29(22)15-18-8-9-18/h3-7,11,13,17-18H,8-10,12,14-16H2,1-2H3. The topological polar surface area (TPSA) is 51.0 Å². The van der Waals surface area contributed by atoms with Gasteiger partial charge in [0.05, 0.1) is 13.0 Å². The molecule has 0 bridgehead atoms. The number of hydrogen-bond acceptors (Lipinski definition) is 3. The first kappa shape index (κ1) is 20.9. The average Bonchev–Trinajstić information content (AvgIpc) is 3.46. The van der Waals surface area contributed by atoms with Crippen molar-refractivity contribution in [1.82, 2.24) is 19.4 Å². The molecule has 6 heteroatoms. The smallest absolute Gasteiger partial charge is 0.227 e. The van der Waals surface area contributed by atoms with Crippen molar-refractivity contribution in [2.75, 3.05) is 6.54 Å². The predicted octanol–water partition coefficient (Wildman–Crippen LogP) is 5.11. The Morgan fingerprint density at radius 1 is 1.27 bits per heavy atom. The van der Waals surface area contributed by atoms with Gasteiger partial charge in [-0.25, -0.2) is 9.97 Å². The molecule has 2 aromatic heterocycles. The molecule has 0 unspecified atom stereocenters. The van der Waals surface area contributed by atoms with E-state index in [0.29, 0.717) is 29.8 Å². The molecular formula is C24H29ClN4O. The van der Waals surface area contributed by atoms with Gasteiger partial charge in [-0.1, -0.05) is 37.6 Å². The Kier molecular flexibility index (Phi) is 6.38. The number of benzene rings is 1. The Bertz CT molecular complexity index is 1020. The maximum Gasteiger partial charge on any atom is 0.227 e. The fraction of sp³-hybridized carbons (Fsp3) is 0.458. The minimum atomic E-state index is 0.107. The molecule has 4 rings (SSSR count). The second-order valence-corrected chi connectivity index (χ2v) is 9.17. The van der Waals surface area contributed by atoms with Gasteiger partial charge >= 0.3 is 0 Å². The Labute approximate surface area is 183 Å². The third kappa shape index (κ3) is 5.20. The first-order chi connectivity index (χ1) is 14.5. The summed E-state index contributed by atoms with van der Waals surface area (Å²) >= 11 is 6.12. The molecule has 0 N–H and O–H groups in total. The lowest BCUT2D eigenvalue weighted by atomic mass is 10.1. The van der Waals surface area contributed by atoms with Crippen molar-refractivity contribution < 1.29 is 4.79 Å². The quantitative estimate of drug-likeness (QED) is 0.479. The van der Waals surface area contributed by atoms with E-state index in [0.717, 1.165) is 42.1 Å². The van der Waals surface area contributed by atoms with Gasteiger partial charge in [-0.3, -0.25) is 4.79 Å². The highest BCUT2D eigenvalue weighted by molar-refractivity contribution is 6.30. The van der Waals surface area contributed by atoms with E-state index in [1.165, 1.54) is 12.8 Å². The maximum absolute atomic E-state index is 13.2. The van der Waals surface area contributed by atoms with Crippen LogP contribution >= 0.6 is 11.6 Å². The van der Waals surface area contributed by atoms with Gasteiger partial charge in [0.15, 0.2) is 5.65 Å². The summed E-state index contributed by atoms with van der Waals surface area (Å²) < 4.78 is 2.22. The van der Waals surface area contributed by atoms with E-state index in [1.54, 1.807) is 0 Å². The van der Waals surface area contributed by atoms with Crippen LogP contribution in [0.4, 0.5) is 0 Å². The van der Waals surface area contributed by atoms with Crippen molar-refractivity contribution in [3.63, 3.8) is 0 Å². The molecule has 1 amide bonds. The summed E-state index contributed by atoms with van der Waals surface area (Å²) in [6.07, 6.45) is 5.65. The molecule has 3 aromatic rings. The molecule has 1 saturated carbocycles. The second-order valence-electron chi connectivity index (χ2n) is 8.73. The van der Waals surface area contributed by atoms with Gasteiger partial charge in [-0.2, -0.15) is 0 Å². The summed E-state index contributed by atoms with van der Waals surface area (Å²) in [6.45, 7) is 6.54. The first-order valence-corrected chi connectivity index (χ1v) is 11.2. The Morgan fingerprint density at radius 2 is 2.10 bits per heavy atom. The van der Waals surface area contributed by atoms with Crippen LogP contribution in [0.5, 0.6) is 0 Å². The van der Waals surface area contributed by atoms with Crippen molar-refractivity contribution in [3.05, 3.63) is 59.0 Å². The van der Waals surface area contributed by atoms with Crippen molar-refractivity contribution >= 4 is 28.7 Å². The van der Waals surface area contributed by atoms with Crippen LogP contribution in [-0.4, -0.2) is 31.9 Å².